The highest BCUT2D eigenvalue weighted by Gasteiger charge is 2.12. The summed E-state index contributed by atoms with van der Waals surface area (Å²) in [7, 11) is 2.78. The predicted octanol–water partition coefficient (Wildman–Crippen LogP) is 2.09. The number of carbonyl (C=O) groups excluding carboxylic acids is 1. The van der Waals surface area contributed by atoms with Crippen molar-refractivity contribution < 1.29 is 14.3 Å². The molecule has 0 radical (unpaired) electrons. The van der Waals surface area contributed by atoms with Crippen molar-refractivity contribution in [3.05, 3.63) is 38.6 Å². The van der Waals surface area contributed by atoms with Gasteiger partial charge in [-0.1, -0.05) is 0 Å². The molecule has 0 saturated carbocycles. The summed E-state index contributed by atoms with van der Waals surface area (Å²) >= 11 is 3.33. The number of hydrogen-bond acceptors (Lipinski definition) is 4. The first-order valence-corrected chi connectivity index (χ1v) is 5.85. The molecule has 0 bridgehead atoms. The summed E-state index contributed by atoms with van der Waals surface area (Å²) in [5, 5.41) is 0.439. The predicted molar refractivity (Wildman–Crippen MR) is 70.2 cm³/mol. The third-order valence-corrected chi connectivity index (χ3v) is 3.13. The van der Waals surface area contributed by atoms with Crippen molar-refractivity contribution in [3.63, 3.8) is 0 Å². The summed E-state index contributed by atoms with van der Waals surface area (Å²) in [6.45, 7) is 0. The highest BCUT2D eigenvalue weighted by molar-refractivity contribution is 9.10. The fourth-order valence-corrected chi connectivity index (χ4v) is 2.16. The smallest absolute Gasteiger partial charge is 0.354 e. The summed E-state index contributed by atoms with van der Waals surface area (Å²) < 4.78 is 10.3. The van der Waals surface area contributed by atoms with E-state index in [9.17, 15) is 9.59 Å². The molecular formula is C12H10BrNO4. The topological polar surface area (TPSA) is 68.4 Å². The first-order chi connectivity index (χ1) is 8.56. The van der Waals surface area contributed by atoms with Gasteiger partial charge in [-0.2, -0.15) is 0 Å². The maximum Gasteiger partial charge on any atom is 0.354 e. The first kappa shape index (κ1) is 12.6. The maximum absolute atomic E-state index is 11.9. The number of aromatic amines is 1. The van der Waals surface area contributed by atoms with E-state index >= 15 is 0 Å². The molecule has 0 aliphatic carbocycles. The fraction of sp³-hybridized carbons (Fsp3) is 0.167. The minimum atomic E-state index is -0.586. The van der Waals surface area contributed by atoms with Gasteiger partial charge in [0.2, 0.25) is 0 Å². The molecule has 1 aromatic heterocycles. The van der Waals surface area contributed by atoms with Crippen LogP contribution in [-0.2, 0) is 4.74 Å². The molecule has 0 amide bonds. The molecule has 5 nitrogen and oxygen atoms in total. The summed E-state index contributed by atoms with van der Waals surface area (Å²) in [6, 6.07) is 4.53. The molecule has 0 aliphatic heterocycles. The van der Waals surface area contributed by atoms with E-state index in [2.05, 4.69) is 25.7 Å². The maximum atomic E-state index is 11.9. The van der Waals surface area contributed by atoms with Crippen LogP contribution in [0.5, 0.6) is 5.75 Å². The minimum absolute atomic E-state index is 0.112. The highest BCUT2D eigenvalue weighted by atomic mass is 79.9. The molecule has 2 rings (SSSR count). The normalized spacial score (nSPS) is 10.4. The van der Waals surface area contributed by atoms with Crippen LogP contribution >= 0.6 is 15.9 Å². The summed E-state index contributed by atoms with van der Waals surface area (Å²) in [5.41, 5.74) is 0.369. The molecule has 0 saturated heterocycles. The van der Waals surface area contributed by atoms with Gasteiger partial charge in [0.1, 0.15) is 11.4 Å². The van der Waals surface area contributed by atoms with Gasteiger partial charge < -0.3 is 14.5 Å². The Labute approximate surface area is 111 Å². The van der Waals surface area contributed by atoms with Gasteiger partial charge in [0.05, 0.1) is 25.1 Å². The molecule has 1 heterocycles. The van der Waals surface area contributed by atoms with Crippen molar-refractivity contribution in [1.82, 2.24) is 4.98 Å². The van der Waals surface area contributed by atoms with Crippen LogP contribution in [0.15, 0.2) is 27.5 Å². The molecule has 1 aromatic carbocycles. The molecule has 0 atom stereocenters. The molecule has 6 heteroatoms. The van der Waals surface area contributed by atoms with E-state index in [1.165, 1.54) is 20.3 Å². The van der Waals surface area contributed by atoms with Crippen LogP contribution in [0, 0.1) is 0 Å². The quantitative estimate of drug-likeness (QED) is 0.862. The Morgan fingerprint density at radius 3 is 2.61 bits per heavy atom. The van der Waals surface area contributed by atoms with E-state index in [1.54, 1.807) is 12.1 Å². The first-order valence-electron chi connectivity index (χ1n) is 5.05. The molecule has 0 aliphatic rings. The molecule has 2 aromatic rings. The lowest BCUT2D eigenvalue weighted by atomic mass is 10.2. The molecule has 0 fully saturated rings. The Balaban J connectivity index is 2.78. The van der Waals surface area contributed by atoms with Crippen LogP contribution in [-0.4, -0.2) is 25.2 Å². The van der Waals surface area contributed by atoms with Gasteiger partial charge in [-0.05, 0) is 28.1 Å². The standard InChI is InChI=1S/C12H10BrNO4/c1-17-6-3-7-10(15)5-9(12(16)18-2)14-11(7)8(13)4-6/h3-5H,1-2H3,(H,14,15). The Bertz CT molecular complexity index is 678. The van der Waals surface area contributed by atoms with Gasteiger partial charge in [-0.3, -0.25) is 4.79 Å². The minimum Gasteiger partial charge on any atom is -0.497 e. The number of aromatic nitrogens is 1. The van der Waals surface area contributed by atoms with Crippen LogP contribution in [0.2, 0.25) is 0 Å². The number of fused-ring (bicyclic) bond motifs is 1. The number of rotatable bonds is 2. The number of halogens is 1. The van der Waals surface area contributed by atoms with Crippen LogP contribution in [0.3, 0.4) is 0 Å². The van der Waals surface area contributed by atoms with E-state index < -0.39 is 5.97 Å². The lowest BCUT2D eigenvalue weighted by molar-refractivity contribution is 0.0594. The van der Waals surface area contributed by atoms with Crippen LogP contribution in [0.25, 0.3) is 10.9 Å². The number of nitrogens with one attached hydrogen (secondary N) is 1. The third kappa shape index (κ3) is 2.11. The number of pyridine rings is 1. The van der Waals surface area contributed by atoms with E-state index in [-0.39, 0.29) is 11.1 Å². The van der Waals surface area contributed by atoms with E-state index in [0.717, 1.165) is 0 Å². The molecule has 18 heavy (non-hydrogen) atoms. The van der Waals surface area contributed by atoms with E-state index in [1.807, 2.05) is 0 Å². The highest BCUT2D eigenvalue weighted by Crippen LogP contribution is 2.26. The second-order valence-electron chi connectivity index (χ2n) is 3.57. The van der Waals surface area contributed by atoms with Gasteiger partial charge in [0.15, 0.2) is 5.43 Å². The van der Waals surface area contributed by atoms with Gasteiger partial charge >= 0.3 is 5.97 Å². The second kappa shape index (κ2) is 4.81. The SMILES string of the molecule is COC(=O)c1cc(=O)c2cc(OC)cc(Br)c2[nH]1. The van der Waals surface area contributed by atoms with Crippen molar-refractivity contribution in [2.24, 2.45) is 0 Å². The monoisotopic (exact) mass is 311 g/mol. The number of methoxy groups -OCH3 is 2. The van der Waals surface area contributed by atoms with Crippen LogP contribution < -0.4 is 10.2 Å². The summed E-state index contributed by atoms with van der Waals surface area (Å²) in [6.07, 6.45) is 0. The number of hydrogen-bond donors (Lipinski definition) is 1. The average Bonchev–Trinajstić information content (AvgIpc) is 2.38. The van der Waals surface area contributed by atoms with Gasteiger partial charge in [-0.15, -0.1) is 0 Å². The van der Waals surface area contributed by atoms with E-state index in [0.29, 0.717) is 21.1 Å². The number of carbonyl (C=O) groups is 1. The Morgan fingerprint density at radius 2 is 2.00 bits per heavy atom. The zero-order chi connectivity index (χ0) is 13.3. The third-order valence-electron chi connectivity index (χ3n) is 2.51. The largest absolute Gasteiger partial charge is 0.497 e. The van der Waals surface area contributed by atoms with Crippen molar-refractivity contribution >= 4 is 32.8 Å². The van der Waals surface area contributed by atoms with Crippen LogP contribution in [0.1, 0.15) is 10.5 Å². The summed E-state index contributed by atoms with van der Waals surface area (Å²) in [5.74, 6) is -0.0255. The molecule has 0 unspecified atom stereocenters. The second-order valence-corrected chi connectivity index (χ2v) is 4.42. The molecule has 94 valence electrons. The number of esters is 1. The zero-order valence-corrected chi connectivity index (χ0v) is 11.3. The summed E-state index contributed by atoms with van der Waals surface area (Å²) in [4.78, 5) is 26.2. The molecule has 1 N–H and O–H groups in total. The van der Waals surface area contributed by atoms with Gasteiger partial charge in [-0.25, -0.2) is 4.79 Å². The van der Waals surface area contributed by atoms with Crippen molar-refractivity contribution in [2.75, 3.05) is 14.2 Å². The Morgan fingerprint density at radius 1 is 1.28 bits per heavy atom. The van der Waals surface area contributed by atoms with Crippen molar-refractivity contribution in [2.45, 2.75) is 0 Å². The van der Waals surface area contributed by atoms with Gasteiger partial charge in [0.25, 0.3) is 0 Å². The van der Waals surface area contributed by atoms with Gasteiger partial charge in [0, 0.05) is 10.5 Å². The fourth-order valence-electron chi connectivity index (χ4n) is 1.62. The lowest BCUT2D eigenvalue weighted by Crippen LogP contribution is -2.11. The average molecular weight is 312 g/mol. The molecular weight excluding hydrogens is 302 g/mol. The molecule has 0 spiro atoms. The number of ether oxygens (including phenoxy) is 2. The Hall–Kier alpha value is -1.82. The number of H-pyrrole nitrogens is 1. The van der Waals surface area contributed by atoms with Crippen molar-refractivity contribution in [1.29, 1.82) is 0 Å². The zero-order valence-electron chi connectivity index (χ0n) is 9.74. The Kier molecular flexibility index (Phi) is 3.38. The van der Waals surface area contributed by atoms with Crippen LogP contribution in [0.4, 0.5) is 0 Å². The van der Waals surface area contributed by atoms with E-state index in [4.69, 9.17) is 4.74 Å². The van der Waals surface area contributed by atoms with Crippen molar-refractivity contribution in [3.8, 4) is 5.75 Å². The number of benzene rings is 1. The lowest BCUT2D eigenvalue weighted by Gasteiger charge is -2.07.